The van der Waals surface area contributed by atoms with Crippen LogP contribution in [0.3, 0.4) is 0 Å². The first-order valence-corrected chi connectivity index (χ1v) is 8.14. The van der Waals surface area contributed by atoms with Crippen molar-refractivity contribution in [2.45, 2.75) is 25.8 Å². The van der Waals surface area contributed by atoms with Gasteiger partial charge in [0.15, 0.2) is 0 Å². The van der Waals surface area contributed by atoms with Crippen molar-refractivity contribution in [3.05, 3.63) is 54.2 Å². The molecule has 1 atom stereocenters. The Morgan fingerprint density at radius 1 is 1.35 bits per heavy atom. The van der Waals surface area contributed by atoms with E-state index in [4.69, 9.17) is 0 Å². The zero-order valence-electron chi connectivity index (χ0n) is 13.0. The van der Waals surface area contributed by atoms with Gasteiger partial charge in [-0.1, -0.05) is 18.2 Å². The molecule has 2 aromatic heterocycles. The summed E-state index contributed by atoms with van der Waals surface area (Å²) in [5, 5.41) is 4.32. The molecule has 1 aromatic carbocycles. The predicted octanol–water partition coefficient (Wildman–Crippen LogP) is 2.29. The number of nitrogens with zero attached hydrogens (tertiary/aromatic N) is 2. The van der Waals surface area contributed by atoms with Crippen molar-refractivity contribution in [2.75, 3.05) is 6.54 Å². The highest BCUT2D eigenvalue weighted by Crippen LogP contribution is 2.22. The summed E-state index contributed by atoms with van der Waals surface area (Å²) in [4.78, 5) is 19.8. The van der Waals surface area contributed by atoms with E-state index in [-0.39, 0.29) is 11.8 Å². The summed E-state index contributed by atoms with van der Waals surface area (Å²) in [6.07, 6.45) is 6.35. The lowest BCUT2D eigenvalue weighted by Gasteiger charge is -2.20. The van der Waals surface area contributed by atoms with Crippen LogP contribution in [0.2, 0.25) is 0 Å². The van der Waals surface area contributed by atoms with E-state index in [2.05, 4.69) is 44.2 Å². The summed E-state index contributed by atoms with van der Waals surface area (Å²) in [6.45, 7) is 1.45. The average molecular weight is 308 g/mol. The lowest BCUT2D eigenvalue weighted by Crippen LogP contribution is -2.35. The number of para-hydroxylation sites is 1. The zero-order chi connectivity index (χ0) is 15.6. The second-order valence-corrected chi connectivity index (χ2v) is 6.13. The van der Waals surface area contributed by atoms with Crippen molar-refractivity contribution in [3.8, 4) is 0 Å². The molecule has 0 fully saturated rings. The third-order valence-corrected chi connectivity index (χ3v) is 4.69. The highest BCUT2D eigenvalue weighted by molar-refractivity contribution is 5.80. The highest BCUT2D eigenvalue weighted by atomic mass is 16.1. The molecule has 118 valence electrons. The molecule has 0 radical (unpaired) electrons. The molecule has 0 saturated heterocycles. The SMILES string of the molecule is O=C(NCCn1ccc2ccccc21)[C@@H]1CCc2nc[nH]c2C1. The second kappa shape index (κ2) is 5.91. The summed E-state index contributed by atoms with van der Waals surface area (Å²) in [7, 11) is 0. The van der Waals surface area contributed by atoms with Crippen LogP contribution in [0.15, 0.2) is 42.9 Å². The lowest BCUT2D eigenvalue weighted by molar-refractivity contribution is -0.125. The standard InChI is InChI=1S/C18H20N4O/c23-18(14-5-6-15-16(11-14)21-12-20-15)19-8-10-22-9-7-13-3-1-2-4-17(13)22/h1-4,7,9,12,14H,5-6,8,10-11H2,(H,19,23)(H,20,21)/t14-/m1/s1. The fraction of sp³-hybridized carbons (Fsp3) is 0.333. The number of amides is 1. The van der Waals surface area contributed by atoms with Gasteiger partial charge in [-0.15, -0.1) is 0 Å². The van der Waals surface area contributed by atoms with E-state index in [1.165, 1.54) is 10.9 Å². The predicted molar refractivity (Wildman–Crippen MR) is 89.1 cm³/mol. The smallest absolute Gasteiger partial charge is 0.223 e. The van der Waals surface area contributed by atoms with Crippen LogP contribution in [0, 0.1) is 5.92 Å². The Labute approximate surface area is 134 Å². The van der Waals surface area contributed by atoms with E-state index < -0.39 is 0 Å². The normalized spacial score (nSPS) is 17.1. The number of aryl methyl sites for hydroxylation is 1. The molecule has 1 aliphatic carbocycles. The van der Waals surface area contributed by atoms with Gasteiger partial charge in [0.2, 0.25) is 5.91 Å². The van der Waals surface area contributed by atoms with Gasteiger partial charge in [0.25, 0.3) is 0 Å². The number of rotatable bonds is 4. The Bertz CT molecular complexity index is 832. The van der Waals surface area contributed by atoms with E-state index in [9.17, 15) is 4.79 Å². The van der Waals surface area contributed by atoms with Gasteiger partial charge in [-0.3, -0.25) is 4.79 Å². The van der Waals surface area contributed by atoms with Crippen LogP contribution in [-0.4, -0.2) is 27.0 Å². The maximum atomic E-state index is 12.4. The molecular weight excluding hydrogens is 288 g/mol. The van der Waals surface area contributed by atoms with Gasteiger partial charge in [-0.25, -0.2) is 4.98 Å². The molecule has 1 aliphatic rings. The largest absolute Gasteiger partial charge is 0.354 e. The van der Waals surface area contributed by atoms with Crippen molar-refractivity contribution >= 4 is 16.8 Å². The minimum absolute atomic E-state index is 0.0596. The molecular formula is C18H20N4O. The molecule has 2 N–H and O–H groups in total. The number of hydrogen-bond acceptors (Lipinski definition) is 2. The van der Waals surface area contributed by atoms with Crippen LogP contribution in [-0.2, 0) is 24.2 Å². The number of aromatic amines is 1. The van der Waals surface area contributed by atoms with Crippen molar-refractivity contribution in [2.24, 2.45) is 5.92 Å². The monoisotopic (exact) mass is 308 g/mol. The third-order valence-electron chi connectivity index (χ3n) is 4.69. The number of H-pyrrole nitrogens is 1. The number of carbonyl (C=O) groups is 1. The van der Waals surface area contributed by atoms with Crippen molar-refractivity contribution < 1.29 is 4.79 Å². The van der Waals surface area contributed by atoms with Gasteiger partial charge in [-0.2, -0.15) is 0 Å². The number of fused-ring (bicyclic) bond motifs is 2. The van der Waals surface area contributed by atoms with Gasteiger partial charge in [0.1, 0.15) is 0 Å². The molecule has 5 heteroatoms. The Morgan fingerprint density at radius 2 is 2.26 bits per heavy atom. The van der Waals surface area contributed by atoms with Gasteiger partial charge in [-0.05, 0) is 30.4 Å². The summed E-state index contributed by atoms with van der Waals surface area (Å²) < 4.78 is 2.18. The van der Waals surface area contributed by atoms with Crippen LogP contribution in [0.4, 0.5) is 0 Å². The maximum Gasteiger partial charge on any atom is 0.223 e. The summed E-state index contributed by atoms with van der Waals surface area (Å²) >= 11 is 0. The zero-order valence-corrected chi connectivity index (χ0v) is 13.0. The number of hydrogen-bond donors (Lipinski definition) is 2. The molecule has 23 heavy (non-hydrogen) atoms. The van der Waals surface area contributed by atoms with Crippen LogP contribution < -0.4 is 5.32 Å². The first kappa shape index (κ1) is 14.1. The van der Waals surface area contributed by atoms with E-state index in [1.807, 2.05) is 12.1 Å². The summed E-state index contributed by atoms with van der Waals surface area (Å²) in [5.41, 5.74) is 3.45. The first-order valence-electron chi connectivity index (χ1n) is 8.14. The van der Waals surface area contributed by atoms with Crippen LogP contribution in [0.1, 0.15) is 17.8 Å². The van der Waals surface area contributed by atoms with Crippen molar-refractivity contribution in [3.63, 3.8) is 0 Å². The summed E-state index contributed by atoms with van der Waals surface area (Å²) in [6, 6.07) is 10.4. The van der Waals surface area contributed by atoms with Gasteiger partial charge in [0.05, 0.1) is 12.0 Å². The van der Waals surface area contributed by atoms with E-state index >= 15 is 0 Å². The third kappa shape index (κ3) is 2.74. The topological polar surface area (TPSA) is 62.7 Å². The number of carbonyl (C=O) groups excluding carboxylic acids is 1. The number of nitrogens with one attached hydrogen (secondary N) is 2. The highest BCUT2D eigenvalue weighted by Gasteiger charge is 2.25. The second-order valence-electron chi connectivity index (χ2n) is 6.13. The maximum absolute atomic E-state index is 12.4. The van der Waals surface area contributed by atoms with Gasteiger partial charge < -0.3 is 14.9 Å². The quantitative estimate of drug-likeness (QED) is 0.777. The van der Waals surface area contributed by atoms with Gasteiger partial charge in [0, 0.05) is 42.8 Å². The Hall–Kier alpha value is -2.56. The van der Waals surface area contributed by atoms with Crippen LogP contribution >= 0.6 is 0 Å². The van der Waals surface area contributed by atoms with Gasteiger partial charge >= 0.3 is 0 Å². The molecule has 3 aromatic rings. The Kier molecular flexibility index (Phi) is 3.61. The Morgan fingerprint density at radius 3 is 3.22 bits per heavy atom. The molecule has 0 spiro atoms. The molecule has 5 nitrogen and oxygen atoms in total. The van der Waals surface area contributed by atoms with Crippen molar-refractivity contribution in [1.82, 2.24) is 19.9 Å². The van der Waals surface area contributed by atoms with E-state index in [0.29, 0.717) is 6.54 Å². The number of benzene rings is 1. The molecule has 0 bridgehead atoms. The number of imidazole rings is 1. The molecule has 0 saturated carbocycles. The lowest BCUT2D eigenvalue weighted by atomic mass is 9.89. The number of aromatic nitrogens is 3. The molecule has 4 rings (SSSR count). The first-order chi connectivity index (χ1) is 11.3. The molecule has 2 heterocycles. The Balaban J connectivity index is 1.34. The van der Waals surface area contributed by atoms with E-state index in [1.54, 1.807) is 6.33 Å². The molecule has 0 unspecified atom stereocenters. The van der Waals surface area contributed by atoms with Crippen LogP contribution in [0.5, 0.6) is 0 Å². The minimum Gasteiger partial charge on any atom is -0.354 e. The van der Waals surface area contributed by atoms with Crippen LogP contribution in [0.25, 0.3) is 10.9 Å². The molecule has 0 aliphatic heterocycles. The molecule has 1 amide bonds. The summed E-state index contributed by atoms with van der Waals surface area (Å²) in [5.74, 6) is 0.214. The average Bonchev–Trinajstić information content (AvgIpc) is 3.21. The van der Waals surface area contributed by atoms with Crippen molar-refractivity contribution in [1.29, 1.82) is 0 Å². The fourth-order valence-electron chi connectivity index (χ4n) is 3.40. The minimum atomic E-state index is 0.0596. The van der Waals surface area contributed by atoms with E-state index in [0.717, 1.165) is 37.2 Å². The fourth-order valence-corrected chi connectivity index (χ4v) is 3.40.